The minimum atomic E-state index is -0.168. The van der Waals surface area contributed by atoms with E-state index in [1.165, 1.54) is 89.9 Å². The van der Waals surface area contributed by atoms with Gasteiger partial charge in [0.2, 0.25) is 0 Å². The second kappa shape index (κ2) is 16.6. The van der Waals surface area contributed by atoms with E-state index in [1.807, 2.05) is 0 Å². The van der Waals surface area contributed by atoms with E-state index in [2.05, 4.69) is 45.3 Å². The Labute approximate surface area is 266 Å². The summed E-state index contributed by atoms with van der Waals surface area (Å²) in [6.07, 6.45) is 21.0. The second-order valence-corrected chi connectivity index (χ2v) is 16.8. The Morgan fingerprint density at radius 3 is 2.19 bits per heavy atom. The van der Waals surface area contributed by atoms with Gasteiger partial charge in [-0.15, -0.1) is 0 Å². The first-order valence-corrected chi connectivity index (χ1v) is 19.1. The number of hydrogen-bond acceptors (Lipinski definition) is 5. The zero-order chi connectivity index (χ0) is 31.0. The molecule has 0 saturated heterocycles. The van der Waals surface area contributed by atoms with Gasteiger partial charge in [-0.3, -0.25) is 0 Å². The predicted molar refractivity (Wildman–Crippen MR) is 182 cm³/mol. The molecule has 0 bridgehead atoms. The molecule has 4 aliphatic carbocycles. The zero-order valence-corrected chi connectivity index (χ0v) is 29.1. The Balaban J connectivity index is 1.20. The Morgan fingerprint density at radius 2 is 1.44 bits per heavy atom. The molecule has 0 aliphatic heterocycles. The smallest absolute Gasteiger partial charge is 0.0577 e. The molecule has 0 spiro atoms. The summed E-state index contributed by atoms with van der Waals surface area (Å²) < 4.78 is 0. The van der Waals surface area contributed by atoms with E-state index in [1.54, 1.807) is 0 Å². The van der Waals surface area contributed by atoms with Gasteiger partial charge in [0, 0.05) is 6.04 Å². The van der Waals surface area contributed by atoms with Crippen LogP contribution in [0, 0.1) is 52.3 Å². The molecule has 0 aromatic rings. The normalized spacial score (nSPS) is 38.9. The number of aliphatic hydroxyl groups excluding tert-OH is 2. The third-order valence-electron chi connectivity index (χ3n) is 13.9. The first kappa shape index (κ1) is 35.7. The summed E-state index contributed by atoms with van der Waals surface area (Å²) in [5.74, 6) is 4.30. The number of nitrogens with two attached hydrogens (primary N) is 1. The molecule has 11 atom stereocenters. The highest BCUT2D eigenvalue weighted by Crippen LogP contribution is 2.68. The number of aliphatic hydroxyl groups is 2. The molecule has 0 amide bonds. The van der Waals surface area contributed by atoms with Crippen LogP contribution in [0.5, 0.6) is 0 Å². The number of nitrogens with one attached hydrogen (secondary N) is 2. The lowest BCUT2D eigenvalue weighted by molar-refractivity contribution is -0.167. The van der Waals surface area contributed by atoms with Crippen molar-refractivity contribution in [2.24, 2.45) is 58.0 Å². The van der Waals surface area contributed by atoms with E-state index in [9.17, 15) is 10.2 Å². The van der Waals surface area contributed by atoms with Crippen LogP contribution in [0.2, 0.25) is 0 Å². The van der Waals surface area contributed by atoms with Gasteiger partial charge in [-0.2, -0.15) is 0 Å². The molecule has 0 heterocycles. The van der Waals surface area contributed by atoms with Crippen molar-refractivity contribution in [3.63, 3.8) is 0 Å². The fourth-order valence-corrected chi connectivity index (χ4v) is 11.1. The molecule has 4 saturated carbocycles. The first-order chi connectivity index (χ1) is 20.6. The quantitative estimate of drug-likeness (QED) is 0.106. The first-order valence-electron chi connectivity index (χ1n) is 19.1. The molecule has 0 radical (unpaired) electrons. The molecular formula is C38H73N3O2. The van der Waals surface area contributed by atoms with Gasteiger partial charge in [-0.1, -0.05) is 60.3 Å². The summed E-state index contributed by atoms with van der Waals surface area (Å²) in [5, 5.41) is 29.8. The van der Waals surface area contributed by atoms with Crippen LogP contribution >= 0.6 is 0 Å². The van der Waals surface area contributed by atoms with Crippen LogP contribution < -0.4 is 16.4 Å². The van der Waals surface area contributed by atoms with Crippen LogP contribution in [-0.2, 0) is 0 Å². The van der Waals surface area contributed by atoms with Crippen molar-refractivity contribution < 1.29 is 10.2 Å². The van der Waals surface area contributed by atoms with Crippen LogP contribution in [0.4, 0.5) is 0 Å². The van der Waals surface area contributed by atoms with Crippen molar-refractivity contribution in [1.29, 1.82) is 0 Å². The minimum Gasteiger partial charge on any atom is -0.393 e. The van der Waals surface area contributed by atoms with E-state index in [-0.39, 0.29) is 12.2 Å². The van der Waals surface area contributed by atoms with Crippen LogP contribution in [0.25, 0.3) is 0 Å². The standard InChI is InChI=1S/C38H73N3O2/c1-27(2)34(42)16-13-28(3)31-14-15-32-36-33(18-20-38(31,32)5)37(4)19-17-30(25-29(37)26-35(36)43)41-24-12-23-40-22-11-9-7-6-8-10-21-39/h27-36,40-43H,6-26,39H2,1-5H3/t28-,29+,30+,31-,32?,33?,34-,35+,36?,37+,38-/m1/s1. The van der Waals surface area contributed by atoms with Gasteiger partial charge in [0.05, 0.1) is 12.2 Å². The monoisotopic (exact) mass is 604 g/mol. The number of fused-ring (bicyclic) bond motifs is 5. The van der Waals surface area contributed by atoms with Crippen LogP contribution in [0.3, 0.4) is 0 Å². The maximum Gasteiger partial charge on any atom is 0.0577 e. The average Bonchev–Trinajstić information content (AvgIpc) is 3.34. The highest BCUT2D eigenvalue weighted by molar-refractivity contribution is 5.12. The molecule has 43 heavy (non-hydrogen) atoms. The molecule has 6 N–H and O–H groups in total. The third-order valence-corrected chi connectivity index (χ3v) is 13.9. The van der Waals surface area contributed by atoms with Crippen LogP contribution in [0.1, 0.15) is 144 Å². The number of rotatable bonds is 18. The lowest BCUT2D eigenvalue weighted by Gasteiger charge is -2.62. The predicted octanol–water partition coefficient (Wildman–Crippen LogP) is 7.29. The molecule has 4 rings (SSSR count). The maximum atomic E-state index is 11.8. The molecule has 252 valence electrons. The van der Waals surface area contributed by atoms with Crippen molar-refractivity contribution in [1.82, 2.24) is 10.6 Å². The Morgan fingerprint density at radius 1 is 0.767 bits per heavy atom. The lowest BCUT2D eigenvalue weighted by atomic mass is 9.43. The van der Waals surface area contributed by atoms with Crippen LogP contribution in [-0.4, -0.2) is 54.6 Å². The molecule has 0 aromatic carbocycles. The summed E-state index contributed by atoms with van der Waals surface area (Å²) in [5.41, 5.74) is 6.35. The molecule has 0 aromatic heterocycles. The maximum absolute atomic E-state index is 11.8. The highest BCUT2D eigenvalue weighted by Gasteiger charge is 2.62. The highest BCUT2D eigenvalue weighted by atomic mass is 16.3. The van der Waals surface area contributed by atoms with E-state index in [0.29, 0.717) is 52.4 Å². The fraction of sp³-hybridized carbons (Fsp3) is 1.00. The van der Waals surface area contributed by atoms with Gasteiger partial charge in [0.1, 0.15) is 0 Å². The fourth-order valence-electron chi connectivity index (χ4n) is 11.1. The third kappa shape index (κ3) is 8.59. The van der Waals surface area contributed by atoms with Crippen LogP contribution in [0.15, 0.2) is 0 Å². The Bertz CT molecular complexity index is 808. The summed E-state index contributed by atoms with van der Waals surface area (Å²) in [6.45, 7) is 16.2. The van der Waals surface area contributed by atoms with Gasteiger partial charge in [0.25, 0.3) is 0 Å². The average molecular weight is 604 g/mol. The summed E-state index contributed by atoms with van der Waals surface area (Å²) in [4.78, 5) is 0. The van der Waals surface area contributed by atoms with Gasteiger partial charge in [0.15, 0.2) is 0 Å². The number of hydrogen-bond donors (Lipinski definition) is 5. The van der Waals surface area contributed by atoms with Gasteiger partial charge >= 0.3 is 0 Å². The topological polar surface area (TPSA) is 90.5 Å². The van der Waals surface area contributed by atoms with Gasteiger partial charge in [-0.05, 0) is 162 Å². The Kier molecular flexibility index (Phi) is 13.7. The van der Waals surface area contributed by atoms with E-state index < -0.39 is 0 Å². The van der Waals surface area contributed by atoms with Crippen molar-refractivity contribution >= 4 is 0 Å². The van der Waals surface area contributed by atoms with E-state index >= 15 is 0 Å². The van der Waals surface area contributed by atoms with Crippen molar-refractivity contribution in [2.75, 3.05) is 26.2 Å². The zero-order valence-electron chi connectivity index (χ0n) is 29.1. The minimum absolute atomic E-state index is 0.117. The Hall–Kier alpha value is -0.200. The molecule has 3 unspecified atom stereocenters. The summed E-state index contributed by atoms with van der Waals surface area (Å²) in [7, 11) is 0. The van der Waals surface area contributed by atoms with Crippen molar-refractivity contribution in [3.8, 4) is 0 Å². The molecule has 4 fully saturated rings. The number of unbranched alkanes of at least 4 members (excludes halogenated alkanes) is 5. The van der Waals surface area contributed by atoms with E-state index in [0.717, 1.165) is 51.4 Å². The van der Waals surface area contributed by atoms with Crippen molar-refractivity contribution in [2.45, 2.75) is 162 Å². The summed E-state index contributed by atoms with van der Waals surface area (Å²) >= 11 is 0. The van der Waals surface area contributed by atoms with E-state index in [4.69, 9.17) is 5.73 Å². The lowest BCUT2D eigenvalue weighted by Crippen LogP contribution is -2.59. The second-order valence-electron chi connectivity index (χ2n) is 16.8. The molecule has 4 aliphatic rings. The molecular weight excluding hydrogens is 530 g/mol. The summed E-state index contributed by atoms with van der Waals surface area (Å²) in [6, 6.07) is 0.627. The SMILES string of the molecule is CC(C)[C@H](O)CC[C@@H](C)[C@H]1CCC2C3C(CC[C@@]21C)[C@@]1(C)CC[C@H](NCCCNCCCCCCCCN)C[C@H]1C[C@@H]3O. The largest absolute Gasteiger partial charge is 0.393 e. The molecule has 5 nitrogen and oxygen atoms in total. The van der Waals surface area contributed by atoms with Gasteiger partial charge < -0.3 is 26.6 Å². The molecule has 5 heteroatoms. The van der Waals surface area contributed by atoms with Crippen molar-refractivity contribution in [3.05, 3.63) is 0 Å². The van der Waals surface area contributed by atoms with Gasteiger partial charge in [-0.25, -0.2) is 0 Å².